The van der Waals surface area contributed by atoms with E-state index in [-0.39, 0.29) is 10.9 Å². The summed E-state index contributed by atoms with van der Waals surface area (Å²) in [5.74, 6) is 0. The largest absolute Gasteiger partial charge is 0.500 e. The molecular weight excluding hydrogens is 320 g/mol. The highest BCUT2D eigenvalue weighted by Gasteiger charge is 2.39. The minimum Gasteiger partial charge on any atom is -0.374 e. The second-order valence-corrected chi connectivity index (χ2v) is 9.34. The number of carbonyl (C=O) groups is 1. The van der Waals surface area contributed by atoms with Crippen LogP contribution in [-0.4, -0.2) is 52.3 Å². The zero-order valence-electron chi connectivity index (χ0n) is 14.8. The highest BCUT2D eigenvalue weighted by Crippen LogP contribution is 2.18. The summed E-state index contributed by atoms with van der Waals surface area (Å²) in [5.41, 5.74) is 0. The fraction of sp³-hybridized carbons (Fsp3) is 0.929. The third-order valence-corrected chi connectivity index (χ3v) is 7.24. The molecule has 2 N–H and O–H groups in total. The van der Waals surface area contributed by atoms with Crippen LogP contribution in [0.15, 0.2) is 0 Å². The topological polar surface area (TPSA) is 68.8 Å². The van der Waals surface area contributed by atoms with E-state index in [4.69, 9.17) is 13.3 Å². The molecule has 0 aliphatic heterocycles. The molecule has 8 heteroatoms. The van der Waals surface area contributed by atoms with E-state index >= 15 is 0 Å². The molecule has 0 saturated heterocycles. The maximum Gasteiger partial charge on any atom is 0.500 e. The van der Waals surface area contributed by atoms with Gasteiger partial charge in [-0.15, -0.1) is 11.8 Å². The average molecular weight is 353 g/mol. The monoisotopic (exact) mass is 352 g/mol. The van der Waals surface area contributed by atoms with Crippen LogP contribution in [0.5, 0.6) is 0 Å². The Morgan fingerprint density at radius 2 is 1.59 bits per heavy atom. The number of rotatable bonds is 12. The van der Waals surface area contributed by atoms with Gasteiger partial charge in [0.25, 0.3) is 0 Å². The summed E-state index contributed by atoms with van der Waals surface area (Å²) in [7, 11) is -2.60. The highest BCUT2D eigenvalue weighted by atomic mass is 32.2. The summed E-state index contributed by atoms with van der Waals surface area (Å²) in [5, 5.41) is 5.77. The Morgan fingerprint density at radius 3 is 2.00 bits per heavy atom. The van der Waals surface area contributed by atoms with Crippen molar-refractivity contribution in [1.29, 1.82) is 0 Å². The Hall–Kier alpha value is -0.283. The third-order valence-electron chi connectivity index (χ3n) is 2.96. The average Bonchev–Trinajstić information content (AvgIpc) is 2.44. The van der Waals surface area contributed by atoms with Gasteiger partial charge in [0.1, 0.15) is 0 Å². The van der Waals surface area contributed by atoms with Crippen molar-refractivity contribution in [3.63, 3.8) is 0 Å². The predicted molar refractivity (Wildman–Crippen MR) is 94.2 cm³/mol. The second-order valence-electron chi connectivity index (χ2n) is 5.18. The highest BCUT2D eigenvalue weighted by molar-refractivity contribution is 7.99. The maximum atomic E-state index is 11.8. The molecule has 2 amide bonds. The first-order chi connectivity index (χ1) is 10.3. The second kappa shape index (κ2) is 11.3. The van der Waals surface area contributed by atoms with Crippen LogP contribution in [0, 0.1) is 0 Å². The van der Waals surface area contributed by atoms with Crippen molar-refractivity contribution in [2.24, 2.45) is 0 Å². The lowest BCUT2D eigenvalue weighted by molar-refractivity contribution is 0.0708. The summed E-state index contributed by atoms with van der Waals surface area (Å²) in [6.07, 6.45) is 2.73. The van der Waals surface area contributed by atoms with Crippen molar-refractivity contribution in [2.45, 2.75) is 52.0 Å². The van der Waals surface area contributed by atoms with Crippen molar-refractivity contribution in [3.05, 3.63) is 0 Å². The Balaban J connectivity index is 4.24. The van der Waals surface area contributed by atoms with Gasteiger partial charge in [-0.25, -0.2) is 4.79 Å². The van der Waals surface area contributed by atoms with E-state index in [1.807, 2.05) is 40.9 Å². The number of thioether (sulfide) groups is 1. The van der Waals surface area contributed by atoms with Crippen LogP contribution < -0.4 is 10.6 Å². The van der Waals surface area contributed by atoms with Crippen LogP contribution in [0.25, 0.3) is 0 Å². The molecule has 0 saturated carbocycles. The van der Waals surface area contributed by atoms with E-state index in [0.29, 0.717) is 32.4 Å². The number of carbonyl (C=O) groups excluding carboxylic acids is 1. The van der Waals surface area contributed by atoms with E-state index in [2.05, 4.69) is 10.6 Å². The molecule has 132 valence electrons. The van der Waals surface area contributed by atoms with Gasteiger partial charge in [-0.2, -0.15) is 0 Å². The smallest absolute Gasteiger partial charge is 0.374 e. The number of nitrogens with one attached hydrogen (secondary N) is 2. The van der Waals surface area contributed by atoms with E-state index in [1.165, 1.54) is 0 Å². The third kappa shape index (κ3) is 8.99. The van der Waals surface area contributed by atoms with Gasteiger partial charge in [-0.1, -0.05) is 0 Å². The molecule has 0 heterocycles. The molecule has 0 atom stereocenters. The van der Waals surface area contributed by atoms with Gasteiger partial charge in [0.2, 0.25) is 0 Å². The van der Waals surface area contributed by atoms with Crippen LogP contribution in [-0.2, 0) is 13.3 Å². The van der Waals surface area contributed by atoms with Crippen LogP contribution in [0.3, 0.4) is 0 Å². The normalized spacial score (nSPS) is 12.3. The summed E-state index contributed by atoms with van der Waals surface area (Å²) < 4.78 is 17.3. The SMILES string of the molecule is CCO[Si](CCCNC(=O)NC(C)(C)SC)(OCC)OCC. The zero-order chi connectivity index (χ0) is 17.1. The summed E-state index contributed by atoms with van der Waals surface area (Å²) in [6, 6.07) is 0.546. The molecule has 0 aliphatic rings. The Kier molecular flexibility index (Phi) is 11.1. The Labute approximate surface area is 140 Å². The van der Waals surface area contributed by atoms with Gasteiger partial charge in [0.15, 0.2) is 0 Å². The van der Waals surface area contributed by atoms with Gasteiger partial charge >= 0.3 is 14.8 Å². The molecule has 22 heavy (non-hydrogen) atoms. The summed E-state index contributed by atoms with van der Waals surface area (Å²) >= 11 is 1.59. The molecule has 0 unspecified atom stereocenters. The number of hydrogen-bond donors (Lipinski definition) is 2. The fourth-order valence-corrected chi connectivity index (χ4v) is 4.68. The molecule has 0 radical (unpaired) electrons. The quantitative estimate of drug-likeness (QED) is 0.321. The van der Waals surface area contributed by atoms with Crippen LogP contribution in [0.4, 0.5) is 4.79 Å². The minimum absolute atomic E-state index is 0.157. The van der Waals surface area contributed by atoms with Gasteiger partial charge in [0.05, 0.1) is 4.87 Å². The fourth-order valence-electron chi connectivity index (χ4n) is 1.88. The van der Waals surface area contributed by atoms with Crippen molar-refractivity contribution >= 4 is 26.6 Å². The lowest BCUT2D eigenvalue weighted by atomic mass is 10.4. The molecular formula is C14H32N2O4SSi. The zero-order valence-corrected chi connectivity index (χ0v) is 16.6. The van der Waals surface area contributed by atoms with Gasteiger partial charge in [-0.05, 0) is 47.3 Å². The maximum absolute atomic E-state index is 11.8. The van der Waals surface area contributed by atoms with E-state index < -0.39 is 8.80 Å². The van der Waals surface area contributed by atoms with Crippen LogP contribution in [0.1, 0.15) is 41.0 Å². The first-order valence-corrected chi connectivity index (χ1v) is 11.0. The lowest BCUT2D eigenvalue weighted by Gasteiger charge is -2.28. The van der Waals surface area contributed by atoms with Gasteiger partial charge < -0.3 is 23.9 Å². The molecule has 0 aliphatic carbocycles. The molecule has 0 spiro atoms. The number of urea groups is 1. The standard InChI is InChI=1S/C14H32N2O4SSi/c1-7-18-22(19-8-2,20-9-3)12-10-11-15-13(17)16-14(4,5)21-6/h7-12H2,1-6H3,(H2,15,16,17). The summed E-state index contributed by atoms with van der Waals surface area (Å²) in [6.45, 7) is 12.0. The van der Waals surface area contributed by atoms with Crippen molar-refractivity contribution in [3.8, 4) is 0 Å². The van der Waals surface area contributed by atoms with Crippen LogP contribution >= 0.6 is 11.8 Å². The molecule has 6 nitrogen and oxygen atoms in total. The lowest BCUT2D eigenvalue weighted by Crippen LogP contribution is -2.48. The van der Waals surface area contributed by atoms with E-state index in [1.54, 1.807) is 11.8 Å². The van der Waals surface area contributed by atoms with Gasteiger partial charge in [-0.3, -0.25) is 0 Å². The Morgan fingerprint density at radius 1 is 1.09 bits per heavy atom. The first kappa shape index (κ1) is 21.7. The predicted octanol–water partition coefficient (Wildman–Crippen LogP) is 2.82. The summed E-state index contributed by atoms with van der Waals surface area (Å²) in [4.78, 5) is 11.5. The minimum atomic E-state index is -2.60. The number of hydrogen-bond acceptors (Lipinski definition) is 5. The van der Waals surface area contributed by atoms with E-state index in [0.717, 1.165) is 6.42 Å². The molecule has 0 bridgehead atoms. The van der Waals surface area contributed by atoms with E-state index in [9.17, 15) is 4.79 Å². The van der Waals surface area contributed by atoms with Crippen molar-refractivity contribution in [1.82, 2.24) is 10.6 Å². The van der Waals surface area contributed by atoms with Crippen molar-refractivity contribution in [2.75, 3.05) is 32.6 Å². The molecule has 0 aromatic rings. The Bertz CT molecular complexity index is 302. The molecule has 0 aromatic carbocycles. The molecule has 0 fully saturated rings. The van der Waals surface area contributed by atoms with Crippen LogP contribution in [0.2, 0.25) is 6.04 Å². The molecule has 0 rings (SSSR count). The molecule has 0 aromatic heterocycles. The van der Waals surface area contributed by atoms with Gasteiger partial charge in [0, 0.05) is 32.4 Å². The number of amides is 2. The first-order valence-electron chi connectivity index (χ1n) is 7.87. The van der Waals surface area contributed by atoms with Crippen molar-refractivity contribution < 1.29 is 18.1 Å².